The van der Waals surface area contributed by atoms with Gasteiger partial charge in [-0.05, 0) is 47.9 Å². The van der Waals surface area contributed by atoms with Gasteiger partial charge in [0.1, 0.15) is 18.5 Å². The Balaban J connectivity index is 1.37. The van der Waals surface area contributed by atoms with E-state index in [4.69, 9.17) is 9.47 Å². The van der Waals surface area contributed by atoms with Crippen LogP contribution in [0.4, 0.5) is 0 Å². The fraction of sp³-hybridized carbons (Fsp3) is 0.346. The van der Waals surface area contributed by atoms with Gasteiger partial charge in [-0.3, -0.25) is 0 Å². The predicted molar refractivity (Wildman–Crippen MR) is 118 cm³/mol. The first-order chi connectivity index (χ1) is 14.7. The third-order valence-electron chi connectivity index (χ3n) is 5.55. The van der Waals surface area contributed by atoms with E-state index >= 15 is 0 Å². The summed E-state index contributed by atoms with van der Waals surface area (Å²) in [6, 6.07) is 20.4. The van der Waals surface area contributed by atoms with E-state index < -0.39 is 0 Å². The van der Waals surface area contributed by atoms with Crippen LogP contribution in [0.25, 0.3) is 0 Å². The molecule has 1 aromatic heterocycles. The highest BCUT2D eigenvalue weighted by Crippen LogP contribution is 2.28. The number of ether oxygens (including phenoxy) is 2. The molecule has 0 saturated heterocycles. The van der Waals surface area contributed by atoms with Crippen molar-refractivity contribution in [2.45, 2.75) is 45.1 Å². The third kappa shape index (κ3) is 5.19. The number of fused-ring (bicyclic) bond motifs is 1. The van der Waals surface area contributed by atoms with Crippen LogP contribution >= 0.6 is 0 Å². The van der Waals surface area contributed by atoms with Gasteiger partial charge < -0.3 is 14.6 Å². The van der Waals surface area contributed by atoms with Crippen molar-refractivity contribution in [2.24, 2.45) is 0 Å². The average molecular weight is 404 g/mol. The van der Waals surface area contributed by atoms with Crippen molar-refractivity contribution < 1.29 is 14.6 Å². The minimum absolute atomic E-state index is 0.107. The molecule has 4 rings (SSSR count). The van der Waals surface area contributed by atoms with Gasteiger partial charge in [0, 0.05) is 17.8 Å². The molecular weight excluding hydrogens is 374 g/mol. The molecule has 0 bridgehead atoms. The molecule has 4 heteroatoms. The molecule has 30 heavy (non-hydrogen) atoms. The van der Waals surface area contributed by atoms with E-state index in [1.807, 2.05) is 6.07 Å². The zero-order valence-corrected chi connectivity index (χ0v) is 17.5. The van der Waals surface area contributed by atoms with Crippen LogP contribution in [0.5, 0.6) is 11.6 Å². The SMILES string of the molecule is CCCc1ccc(CCc2cc(O)cc(OCC3OCCc4ccccc43)n2)cc1. The van der Waals surface area contributed by atoms with Gasteiger partial charge in [0.15, 0.2) is 0 Å². The smallest absolute Gasteiger partial charge is 0.217 e. The van der Waals surface area contributed by atoms with Crippen LogP contribution in [0.1, 0.15) is 47.4 Å². The molecule has 0 spiro atoms. The van der Waals surface area contributed by atoms with Gasteiger partial charge in [0.2, 0.25) is 5.88 Å². The molecule has 2 heterocycles. The molecule has 0 amide bonds. The van der Waals surface area contributed by atoms with Gasteiger partial charge in [0.25, 0.3) is 0 Å². The Hall–Kier alpha value is -2.85. The molecule has 1 aliphatic rings. The predicted octanol–water partition coefficient (Wildman–Crippen LogP) is 5.22. The van der Waals surface area contributed by atoms with Gasteiger partial charge in [-0.1, -0.05) is 61.9 Å². The van der Waals surface area contributed by atoms with Crippen molar-refractivity contribution in [1.29, 1.82) is 0 Å². The molecular formula is C26H29NO3. The second kappa shape index (κ2) is 9.77. The first-order valence-electron chi connectivity index (χ1n) is 10.8. The number of nitrogens with zero attached hydrogens (tertiary/aromatic N) is 1. The average Bonchev–Trinajstić information content (AvgIpc) is 2.77. The summed E-state index contributed by atoms with van der Waals surface area (Å²) in [6.45, 7) is 3.27. The maximum Gasteiger partial charge on any atom is 0.217 e. The number of benzene rings is 2. The number of hydrogen-bond donors (Lipinski definition) is 1. The lowest BCUT2D eigenvalue weighted by molar-refractivity contribution is 0.00904. The van der Waals surface area contributed by atoms with Gasteiger partial charge in [-0.2, -0.15) is 0 Å². The molecule has 3 aromatic rings. The third-order valence-corrected chi connectivity index (χ3v) is 5.55. The molecule has 2 aromatic carbocycles. The van der Waals surface area contributed by atoms with Gasteiger partial charge in [-0.15, -0.1) is 0 Å². The Kier molecular flexibility index (Phi) is 6.65. The topological polar surface area (TPSA) is 51.6 Å². The first-order valence-corrected chi connectivity index (χ1v) is 10.8. The maximum atomic E-state index is 10.1. The van der Waals surface area contributed by atoms with Crippen LogP contribution in [0, 0.1) is 0 Å². The lowest BCUT2D eigenvalue weighted by atomic mass is 9.98. The molecule has 1 N–H and O–H groups in total. The second-order valence-electron chi connectivity index (χ2n) is 7.84. The molecule has 1 atom stereocenters. The fourth-order valence-corrected chi connectivity index (χ4v) is 3.96. The fourth-order valence-electron chi connectivity index (χ4n) is 3.96. The Morgan fingerprint density at radius 1 is 1.00 bits per heavy atom. The van der Waals surface area contributed by atoms with Crippen LogP contribution in [0.15, 0.2) is 60.7 Å². The highest BCUT2D eigenvalue weighted by Gasteiger charge is 2.21. The largest absolute Gasteiger partial charge is 0.508 e. The number of pyridine rings is 1. The molecule has 1 aliphatic heterocycles. The van der Waals surface area contributed by atoms with Gasteiger partial charge in [-0.25, -0.2) is 4.98 Å². The van der Waals surface area contributed by atoms with E-state index in [9.17, 15) is 5.11 Å². The quantitative estimate of drug-likeness (QED) is 0.560. The van der Waals surface area contributed by atoms with Crippen molar-refractivity contribution in [3.8, 4) is 11.6 Å². The lowest BCUT2D eigenvalue weighted by Crippen LogP contribution is -2.21. The molecule has 0 saturated carbocycles. The van der Waals surface area contributed by atoms with Crippen molar-refractivity contribution in [3.05, 3.63) is 88.6 Å². The van der Waals surface area contributed by atoms with Crippen molar-refractivity contribution in [1.82, 2.24) is 4.98 Å². The first kappa shape index (κ1) is 20.4. The molecule has 0 aliphatic carbocycles. The molecule has 0 radical (unpaired) electrons. The maximum absolute atomic E-state index is 10.1. The van der Waals surface area contributed by atoms with Crippen molar-refractivity contribution in [3.63, 3.8) is 0 Å². The van der Waals surface area contributed by atoms with Crippen LogP contribution in [-0.2, 0) is 30.4 Å². The zero-order chi connectivity index (χ0) is 20.8. The van der Waals surface area contributed by atoms with Gasteiger partial charge in [0.05, 0.1) is 6.61 Å². The summed E-state index contributed by atoms with van der Waals surface area (Å²) in [7, 11) is 0. The number of hydrogen-bond acceptors (Lipinski definition) is 4. The van der Waals surface area contributed by atoms with Crippen LogP contribution in [-0.4, -0.2) is 23.3 Å². The number of aromatic hydroxyl groups is 1. The van der Waals surface area contributed by atoms with Crippen molar-refractivity contribution >= 4 is 0 Å². The molecule has 156 valence electrons. The minimum atomic E-state index is -0.107. The summed E-state index contributed by atoms with van der Waals surface area (Å²) in [5, 5.41) is 10.1. The molecule has 0 fully saturated rings. The highest BCUT2D eigenvalue weighted by molar-refractivity contribution is 5.32. The summed E-state index contributed by atoms with van der Waals surface area (Å²) < 4.78 is 11.8. The summed E-state index contributed by atoms with van der Waals surface area (Å²) in [4.78, 5) is 4.60. The Labute approximate surface area is 178 Å². The summed E-state index contributed by atoms with van der Waals surface area (Å²) in [5.41, 5.74) is 5.96. The number of aromatic nitrogens is 1. The monoisotopic (exact) mass is 403 g/mol. The Bertz CT molecular complexity index is 968. The van der Waals surface area contributed by atoms with Crippen LogP contribution < -0.4 is 4.74 Å². The standard InChI is InChI=1S/C26H29NO3/c1-2-5-19-8-10-20(11-9-19)12-13-22-16-23(28)17-26(27-22)30-18-25-24-7-4-3-6-21(24)14-15-29-25/h3-4,6-11,16-17,25H,2,5,12-15,18H2,1H3,(H,27,28). The second-order valence-corrected chi connectivity index (χ2v) is 7.84. The van der Waals surface area contributed by atoms with Crippen LogP contribution in [0.2, 0.25) is 0 Å². The van der Waals surface area contributed by atoms with E-state index in [0.29, 0.717) is 19.1 Å². The molecule has 4 nitrogen and oxygen atoms in total. The Morgan fingerprint density at radius 3 is 2.57 bits per heavy atom. The van der Waals surface area contributed by atoms with E-state index in [1.165, 1.54) is 22.3 Å². The van der Waals surface area contributed by atoms with E-state index in [2.05, 4.69) is 54.4 Å². The minimum Gasteiger partial charge on any atom is -0.508 e. The van der Waals surface area contributed by atoms with Gasteiger partial charge >= 0.3 is 0 Å². The highest BCUT2D eigenvalue weighted by atomic mass is 16.5. The summed E-state index contributed by atoms with van der Waals surface area (Å²) in [5.74, 6) is 0.619. The summed E-state index contributed by atoms with van der Waals surface area (Å²) >= 11 is 0. The van der Waals surface area contributed by atoms with Crippen molar-refractivity contribution in [2.75, 3.05) is 13.2 Å². The number of rotatable bonds is 8. The van der Waals surface area contributed by atoms with Crippen LogP contribution in [0.3, 0.4) is 0 Å². The zero-order valence-electron chi connectivity index (χ0n) is 17.5. The van der Waals surface area contributed by atoms with E-state index in [1.54, 1.807) is 12.1 Å². The normalized spacial score (nSPS) is 15.6. The number of aryl methyl sites for hydroxylation is 3. The van der Waals surface area contributed by atoms with E-state index in [-0.39, 0.29) is 11.9 Å². The molecule has 1 unspecified atom stereocenters. The van der Waals surface area contributed by atoms with E-state index in [0.717, 1.165) is 37.8 Å². The summed E-state index contributed by atoms with van der Waals surface area (Å²) in [6.07, 6.45) is 4.73. The Morgan fingerprint density at radius 2 is 1.77 bits per heavy atom. The lowest BCUT2D eigenvalue weighted by Gasteiger charge is -2.25.